The molecule has 2 rings (SSSR count). The number of hydrogen-bond acceptors (Lipinski definition) is 5. The van der Waals surface area contributed by atoms with Crippen LogP contribution in [-0.2, 0) is 0 Å². The van der Waals surface area contributed by atoms with Gasteiger partial charge in [0.1, 0.15) is 5.69 Å². The van der Waals surface area contributed by atoms with Crippen molar-refractivity contribution in [2.24, 2.45) is 0 Å². The van der Waals surface area contributed by atoms with E-state index in [1.165, 1.54) is 6.92 Å². The second kappa shape index (κ2) is 5.72. The Morgan fingerprint density at radius 1 is 1.35 bits per heavy atom. The Kier molecular flexibility index (Phi) is 4.20. The predicted molar refractivity (Wildman–Crippen MR) is 80.6 cm³/mol. The van der Waals surface area contributed by atoms with Crippen molar-refractivity contribution in [2.45, 2.75) is 13.8 Å². The SMILES string of the molecule is Cc1ccc(Nc2nc(Cl)nc(C)c2[N+](=O)[O-])cc1Br. The Bertz CT molecular complexity index is 693. The highest BCUT2D eigenvalue weighted by Gasteiger charge is 2.21. The summed E-state index contributed by atoms with van der Waals surface area (Å²) in [6.07, 6.45) is 0. The first-order chi connectivity index (χ1) is 9.38. The largest absolute Gasteiger partial charge is 0.334 e. The first kappa shape index (κ1) is 14.7. The third-order valence-corrected chi connectivity index (χ3v) is 3.67. The molecule has 1 N–H and O–H groups in total. The van der Waals surface area contributed by atoms with Gasteiger partial charge in [0.05, 0.1) is 4.92 Å². The minimum atomic E-state index is -0.531. The molecular formula is C12H10BrClN4O2. The number of benzene rings is 1. The second-order valence-electron chi connectivity index (χ2n) is 4.12. The van der Waals surface area contributed by atoms with Crippen molar-refractivity contribution >= 4 is 44.7 Å². The van der Waals surface area contributed by atoms with Crippen molar-refractivity contribution in [3.8, 4) is 0 Å². The van der Waals surface area contributed by atoms with Crippen LogP contribution in [-0.4, -0.2) is 14.9 Å². The van der Waals surface area contributed by atoms with E-state index in [0.29, 0.717) is 5.69 Å². The quantitative estimate of drug-likeness (QED) is 0.507. The van der Waals surface area contributed by atoms with Crippen molar-refractivity contribution in [3.05, 3.63) is 49.3 Å². The van der Waals surface area contributed by atoms with Gasteiger partial charge in [-0.3, -0.25) is 10.1 Å². The van der Waals surface area contributed by atoms with Crippen LogP contribution >= 0.6 is 27.5 Å². The van der Waals surface area contributed by atoms with E-state index >= 15 is 0 Å². The average molecular weight is 358 g/mol. The van der Waals surface area contributed by atoms with E-state index in [1.54, 1.807) is 6.07 Å². The van der Waals surface area contributed by atoms with E-state index in [-0.39, 0.29) is 22.5 Å². The van der Waals surface area contributed by atoms with E-state index in [9.17, 15) is 10.1 Å². The van der Waals surface area contributed by atoms with Crippen molar-refractivity contribution in [3.63, 3.8) is 0 Å². The van der Waals surface area contributed by atoms with Gasteiger partial charge in [-0.15, -0.1) is 0 Å². The lowest BCUT2D eigenvalue weighted by molar-refractivity contribution is -0.385. The number of aromatic nitrogens is 2. The number of nitrogens with one attached hydrogen (secondary N) is 1. The summed E-state index contributed by atoms with van der Waals surface area (Å²) < 4.78 is 0.891. The van der Waals surface area contributed by atoms with Gasteiger partial charge in [-0.2, -0.15) is 4.98 Å². The molecule has 0 fully saturated rings. The Morgan fingerprint density at radius 3 is 2.65 bits per heavy atom. The molecule has 0 spiro atoms. The third kappa shape index (κ3) is 3.05. The van der Waals surface area contributed by atoms with Crippen LogP contribution in [0.4, 0.5) is 17.2 Å². The van der Waals surface area contributed by atoms with Gasteiger partial charge in [-0.25, -0.2) is 4.98 Å². The minimum absolute atomic E-state index is 0.0400. The summed E-state index contributed by atoms with van der Waals surface area (Å²) in [5.41, 5.74) is 1.75. The van der Waals surface area contributed by atoms with E-state index in [0.717, 1.165) is 10.0 Å². The normalized spacial score (nSPS) is 10.4. The van der Waals surface area contributed by atoms with Crippen LogP contribution in [0.3, 0.4) is 0 Å². The molecule has 0 amide bonds. The molecule has 0 aliphatic heterocycles. The number of nitrogens with zero attached hydrogens (tertiary/aromatic N) is 3. The van der Waals surface area contributed by atoms with Gasteiger partial charge < -0.3 is 5.32 Å². The molecule has 1 heterocycles. The van der Waals surface area contributed by atoms with Crippen LogP contribution in [0.15, 0.2) is 22.7 Å². The summed E-state index contributed by atoms with van der Waals surface area (Å²) in [6, 6.07) is 5.49. The number of hydrogen-bond donors (Lipinski definition) is 1. The highest BCUT2D eigenvalue weighted by atomic mass is 79.9. The zero-order valence-corrected chi connectivity index (χ0v) is 13.0. The highest BCUT2D eigenvalue weighted by Crippen LogP contribution is 2.30. The van der Waals surface area contributed by atoms with E-state index in [1.807, 2.05) is 19.1 Å². The molecule has 0 aliphatic rings. The lowest BCUT2D eigenvalue weighted by Crippen LogP contribution is -2.04. The zero-order valence-electron chi connectivity index (χ0n) is 10.6. The molecule has 0 saturated carbocycles. The van der Waals surface area contributed by atoms with Gasteiger partial charge >= 0.3 is 5.69 Å². The number of halogens is 2. The van der Waals surface area contributed by atoms with Crippen LogP contribution in [0.25, 0.3) is 0 Å². The topological polar surface area (TPSA) is 81.0 Å². The Hall–Kier alpha value is -1.73. The number of nitro groups is 1. The minimum Gasteiger partial charge on any atom is -0.334 e. The maximum absolute atomic E-state index is 11.1. The van der Waals surface area contributed by atoms with Crippen LogP contribution in [0.1, 0.15) is 11.3 Å². The third-order valence-electron chi connectivity index (χ3n) is 2.65. The van der Waals surface area contributed by atoms with Gasteiger partial charge in [0.25, 0.3) is 0 Å². The summed E-state index contributed by atoms with van der Waals surface area (Å²) >= 11 is 9.16. The molecule has 0 radical (unpaired) electrons. The van der Waals surface area contributed by atoms with Gasteiger partial charge in [-0.05, 0) is 43.1 Å². The first-order valence-corrected chi connectivity index (χ1v) is 6.77. The summed E-state index contributed by atoms with van der Waals surface area (Å²) in [4.78, 5) is 18.2. The molecule has 20 heavy (non-hydrogen) atoms. The van der Waals surface area contributed by atoms with Crippen molar-refractivity contribution in [1.29, 1.82) is 0 Å². The molecular weight excluding hydrogens is 348 g/mol. The lowest BCUT2D eigenvalue weighted by atomic mass is 10.2. The Balaban J connectivity index is 2.47. The predicted octanol–water partition coefficient (Wildman–Crippen LogP) is 4.16. The van der Waals surface area contributed by atoms with Crippen molar-refractivity contribution < 1.29 is 4.92 Å². The molecule has 1 aromatic heterocycles. The van der Waals surface area contributed by atoms with Crippen molar-refractivity contribution in [1.82, 2.24) is 9.97 Å². The molecule has 0 aliphatic carbocycles. The monoisotopic (exact) mass is 356 g/mol. The lowest BCUT2D eigenvalue weighted by Gasteiger charge is -2.09. The fraction of sp³-hybridized carbons (Fsp3) is 0.167. The van der Waals surface area contributed by atoms with E-state index < -0.39 is 4.92 Å². The summed E-state index contributed by atoms with van der Waals surface area (Å²) in [5, 5.41) is 14.0. The van der Waals surface area contributed by atoms with Crippen LogP contribution in [0.2, 0.25) is 5.28 Å². The smallest absolute Gasteiger partial charge is 0.332 e. The number of rotatable bonds is 3. The van der Waals surface area contributed by atoms with E-state index in [2.05, 4.69) is 31.2 Å². The molecule has 2 aromatic rings. The molecule has 8 heteroatoms. The molecule has 0 saturated heterocycles. The molecule has 0 bridgehead atoms. The van der Waals surface area contributed by atoms with Crippen LogP contribution in [0.5, 0.6) is 0 Å². The fourth-order valence-electron chi connectivity index (χ4n) is 1.65. The molecule has 1 aromatic carbocycles. The molecule has 104 valence electrons. The van der Waals surface area contributed by atoms with E-state index in [4.69, 9.17) is 11.6 Å². The van der Waals surface area contributed by atoms with Gasteiger partial charge in [0, 0.05) is 10.2 Å². The van der Waals surface area contributed by atoms with Gasteiger partial charge in [0.2, 0.25) is 11.1 Å². The van der Waals surface area contributed by atoms with Crippen LogP contribution < -0.4 is 5.32 Å². The maximum Gasteiger partial charge on any atom is 0.332 e. The molecule has 0 unspecified atom stereocenters. The standard InChI is InChI=1S/C12H10BrClN4O2/c1-6-3-4-8(5-9(6)13)16-11-10(18(19)20)7(2)15-12(14)17-11/h3-5H,1-2H3,(H,15,16,17). The summed E-state index contributed by atoms with van der Waals surface area (Å²) in [6.45, 7) is 3.46. The fourth-order valence-corrected chi connectivity index (χ4v) is 2.24. The highest BCUT2D eigenvalue weighted by molar-refractivity contribution is 9.10. The molecule has 0 atom stereocenters. The Morgan fingerprint density at radius 2 is 2.05 bits per heavy atom. The number of aryl methyl sites for hydroxylation is 2. The van der Waals surface area contributed by atoms with Crippen molar-refractivity contribution in [2.75, 3.05) is 5.32 Å². The maximum atomic E-state index is 11.1. The van der Waals surface area contributed by atoms with Gasteiger partial charge in [0.15, 0.2) is 0 Å². The Labute approximate surface area is 128 Å². The van der Waals surface area contributed by atoms with Crippen LogP contribution in [0, 0.1) is 24.0 Å². The zero-order chi connectivity index (χ0) is 14.9. The first-order valence-electron chi connectivity index (χ1n) is 5.60. The summed E-state index contributed by atoms with van der Waals surface area (Å²) in [5.74, 6) is 0.0725. The second-order valence-corrected chi connectivity index (χ2v) is 5.31. The molecule has 6 nitrogen and oxygen atoms in total. The average Bonchev–Trinajstić information content (AvgIpc) is 2.32. The van der Waals surface area contributed by atoms with Gasteiger partial charge in [-0.1, -0.05) is 22.0 Å². The summed E-state index contributed by atoms with van der Waals surface area (Å²) in [7, 11) is 0. The number of anilines is 2.